The van der Waals surface area contributed by atoms with Gasteiger partial charge < -0.3 is 20.0 Å². The highest BCUT2D eigenvalue weighted by molar-refractivity contribution is 9.10. The van der Waals surface area contributed by atoms with Crippen LogP contribution in [0.1, 0.15) is 11.1 Å². The fraction of sp³-hybridized carbons (Fsp3) is 0.364. The SMILES string of the molecule is Cc1ccc(C2(N)C=C(N(C)C)NC(N3CCN(c4ccccn4)CC3)=N2)c(Br)c1. The van der Waals surface area contributed by atoms with Gasteiger partial charge in [-0.2, -0.15) is 0 Å². The number of pyridine rings is 1. The quantitative estimate of drug-likeness (QED) is 0.718. The predicted molar refractivity (Wildman–Crippen MR) is 125 cm³/mol. The number of nitrogens with one attached hydrogen (secondary N) is 1. The van der Waals surface area contributed by atoms with Crippen LogP contribution in [0, 0.1) is 6.92 Å². The van der Waals surface area contributed by atoms with Crippen molar-refractivity contribution in [3.63, 3.8) is 0 Å². The zero-order chi connectivity index (χ0) is 21.3. The molecule has 0 spiro atoms. The number of aryl methyl sites for hydroxylation is 1. The second-order valence-electron chi connectivity index (χ2n) is 7.96. The van der Waals surface area contributed by atoms with Crippen LogP contribution < -0.4 is 16.0 Å². The number of rotatable bonds is 3. The molecule has 1 unspecified atom stereocenters. The minimum Gasteiger partial charge on any atom is -0.364 e. The van der Waals surface area contributed by atoms with Crippen LogP contribution in [-0.4, -0.2) is 61.0 Å². The van der Waals surface area contributed by atoms with Gasteiger partial charge in [0, 0.05) is 62.6 Å². The van der Waals surface area contributed by atoms with Gasteiger partial charge in [0.25, 0.3) is 0 Å². The van der Waals surface area contributed by atoms with Crippen LogP contribution in [0.25, 0.3) is 0 Å². The Morgan fingerprint density at radius 2 is 1.83 bits per heavy atom. The summed E-state index contributed by atoms with van der Waals surface area (Å²) in [7, 11) is 4.01. The second kappa shape index (κ2) is 8.28. The van der Waals surface area contributed by atoms with Crippen LogP contribution in [0.5, 0.6) is 0 Å². The molecule has 30 heavy (non-hydrogen) atoms. The first-order chi connectivity index (χ1) is 14.4. The third-order valence-electron chi connectivity index (χ3n) is 5.48. The Morgan fingerprint density at radius 1 is 1.10 bits per heavy atom. The first-order valence-electron chi connectivity index (χ1n) is 10.1. The number of nitrogens with zero attached hydrogens (tertiary/aromatic N) is 5. The van der Waals surface area contributed by atoms with Gasteiger partial charge in [-0.05, 0) is 30.7 Å². The highest BCUT2D eigenvalue weighted by Crippen LogP contribution is 2.33. The third kappa shape index (κ3) is 4.15. The van der Waals surface area contributed by atoms with Gasteiger partial charge in [0.15, 0.2) is 5.66 Å². The Morgan fingerprint density at radius 3 is 2.47 bits per heavy atom. The van der Waals surface area contributed by atoms with E-state index in [2.05, 4.69) is 67.2 Å². The van der Waals surface area contributed by atoms with E-state index in [0.717, 1.165) is 53.8 Å². The highest BCUT2D eigenvalue weighted by atomic mass is 79.9. The summed E-state index contributed by atoms with van der Waals surface area (Å²) in [5, 5.41) is 3.47. The smallest absolute Gasteiger partial charge is 0.202 e. The van der Waals surface area contributed by atoms with Crippen molar-refractivity contribution < 1.29 is 0 Å². The van der Waals surface area contributed by atoms with Crippen LogP contribution in [-0.2, 0) is 5.66 Å². The molecule has 158 valence electrons. The van der Waals surface area contributed by atoms with Gasteiger partial charge >= 0.3 is 0 Å². The van der Waals surface area contributed by atoms with Crippen LogP contribution in [0.4, 0.5) is 5.82 Å². The Hall–Kier alpha value is -2.58. The normalized spacial score (nSPS) is 21.6. The number of hydrogen-bond donors (Lipinski definition) is 2. The van der Waals surface area contributed by atoms with E-state index in [0.29, 0.717) is 0 Å². The van der Waals surface area contributed by atoms with Crippen molar-refractivity contribution in [1.29, 1.82) is 0 Å². The van der Waals surface area contributed by atoms with Crippen molar-refractivity contribution in [2.24, 2.45) is 10.7 Å². The molecule has 3 heterocycles. The summed E-state index contributed by atoms with van der Waals surface area (Å²) in [6, 6.07) is 12.2. The largest absolute Gasteiger partial charge is 0.364 e. The van der Waals surface area contributed by atoms with Crippen LogP contribution >= 0.6 is 15.9 Å². The molecule has 1 saturated heterocycles. The summed E-state index contributed by atoms with van der Waals surface area (Å²) >= 11 is 3.68. The number of halogens is 1. The van der Waals surface area contributed by atoms with Crippen molar-refractivity contribution in [3.8, 4) is 0 Å². The van der Waals surface area contributed by atoms with E-state index in [9.17, 15) is 0 Å². The molecule has 1 fully saturated rings. The Bertz CT molecular complexity index is 965. The molecule has 0 amide bonds. The zero-order valence-electron chi connectivity index (χ0n) is 17.6. The Kier molecular flexibility index (Phi) is 5.71. The molecule has 0 saturated carbocycles. The first kappa shape index (κ1) is 20.7. The maximum atomic E-state index is 6.87. The van der Waals surface area contributed by atoms with Crippen LogP contribution in [0.2, 0.25) is 0 Å². The lowest BCUT2D eigenvalue weighted by atomic mass is 9.98. The molecular weight excluding hydrogens is 442 g/mol. The minimum atomic E-state index is -0.954. The van der Waals surface area contributed by atoms with Gasteiger partial charge in [-0.15, -0.1) is 0 Å². The summed E-state index contributed by atoms with van der Waals surface area (Å²) in [5.74, 6) is 2.75. The molecular formula is C22H28BrN7. The van der Waals surface area contributed by atoms with Crippen molar-refractivity contribution in [2.45, 2.75) is 12.6 Å². The number of benzene rings is 1. The summed E-state index contributed by atoms with van der Waals surface area (Å²) in [5.41, 5.74) is 8.03. The number of hydrogen-bond acceptors (Lipinski definition) is 7. The highest BCUT2D eigenvalue weighted by Gasteiger charge is 2.34. The molecule has 1 aromatic heterocycles. The number of piperazine rings is 1. The standard InChI is InChI=1S/C22H28BrN7/c1-16-7-8-17(18(23)14-16)22(24)15-20(28(2)3)26-21(27-22)30-12-10-29(11-13-30)19-6-4-5-9-25-19/h4-9,14-15H,10-13,24H2,1-3H3,(H,26,27). The van der Waals surface area contributed by atoms with Gasteiger partial charge in [-0.1, -0.05) is 34.1 Å². The maximum absolute atomic E-state index is 6.87. The van der Waals surface area contributed by atoms with Gasteiger partial charge in [-0.3, -0.25) is 5.73 Å². The van der Waals surface area contributed by atoms with Gasteiger partial charge in [0.05, 0.1) is 0 Å². The molecule has 0 radical (unpaired) electrons. The monoisotopic (exact) mass is 469 g/mol. The zero-order valence-corrected chi connectivity index (χ0v) is 19.2. The molecule has 3 N–H and O–H groups in total. The Labute approximate surface area is 186 Å². The number of nitrogens with two attached hydrogens (primary N) is 1. The maximum Gasteiger partial charge on any atom is 0.202 e. The molecule has 7 nitrogen and oxygen atoms in total. The predicted octanol–water partition coefficient (Wildman–Crippen LogP) is 2.45. The lowest BCUT2D eigenvalue weighted by Gasteiger charge is -2.41. The molecule has 4 rings (SSSR count). The molecule has 8 heteroatoms. The molecule has 2 aromatic rings. The summed E-state index contributed by atoms with van der Waals surface area (Å²) < 4.78 is 0.962. The second-order valence-corrected chi connectivity index (χ2v) is 8.81. The molecule has 1 aromatic carbocycles. The number of aliphatic imine (C=N–C) groups is 1. The third-order valence-corrected chi connectivity index (χ3v) is 6.13. The van der Waals surface area contributed by atoms with Gasteiger partial charge in [-0.25, -0.2) is 9.98 Å². The van der Waals surface area contributed by atoms with Crippen molar-refractivity contribution in [2.75, 3.05) is 45.2 Å². The topological polar surface area (TPSA) is 73.0 Å². The van der Waals surface area contributed by atoms with Crippen LogP contribution in [0.15, 0.2) is 64.0 Å². The van der Waals surface area contributed by atoms with Crippen LogP contribution in [0.3, 0.4) is 0 Å². The van der Waals surface area contributed by atoms with Gasteiger partial charge in [0.1, 0.15) is 11.6 Å². The van der Waals surface area contributed by atoms with E-state index in [-0.39, 0.29) is 0 Å². The summed E-state index contributed by atoms with van der Waals surface area (Å²) in [4.78, 5) is 16.0. The minimum absolute atomic E-state index is 0.803. The molecule has 1 atom stereocenters. The van der Waals surface area contributed by atoms with Crippen molar-refractivity contribution in [1.82, 2.24) is 20.1 Å². The first-order valence-corrected chi connectivity index (χ1v) is 10.9. The molecule has 2 aliphatic rings. The average molecular weight is 470 g/mol. The van der Waals surface area contributed by atoms with Crippen molar-refractivity contribution in [3.05, 3.63) is 70.1 Å². The van der Waals surface area contributed by atoms with Gasteiger partial charge in [0.2, 0.25) is 5.96 Å². The van der Waals surface area contributed by atoms with E-state index in [1.807, 2.05) is 43.4 Å². The van der Waals surface area contributed by atoms with E-state index < -0.39 is 5.66 Å². The average Bonchev–Trinajstić information content (AvgIpc) is 2.74. The van der Waals surface area contributed by atoms with E-state index in [4.69, 9.17) is 10.7 Å². The number of aromatic nitrogens is 1. The van der Waals surface area contributed by atoms with E-state index in [1.54, 1.807) is 0 Å². The summed E-state index contributed by atoms with van der Waals surface area (Å²) in [6.07, 6.45) is 3.82. The lowest BCUT2D eigenvalue weighted by molar-refractivity contribution is 0.352. The Balaban J connectivity index is 1.60. The molecule has 0 bridgehead atoms. The fourth-order valence-corrected chi connectivity index (χ4v) is 4.57. The number of anilines is 1. The molecule has 2 aliphatic heterocycles. The number of guanidine groups is 1. The fourth-order valence-electron chi connectivity index (χ4n) is 3.76. The van der Waals surface area contributed by atoms with Crippen molar-refractivity contribution >= 4 is 27.7 Å². The van der Waals surface area contributed by atoms with E-state index in [1.165, 1.54) is 5.56 Å². The van der Waals surface area contributed by atoms with E-state index >= 15 is 0 Å². The molecule has 0 aliphatic carbocycles. The lowest BCUT2D eigenvalue weighted by Crippen LogP contribution is -2.56. The summed E-state index contributed by atoms with van der Waals surface area (Å²) in [6.45, 7) is 5.51.